The largest absolute Gasteiger partial charge is 0.487 e. The molecule has 5 nitrogen and oxygen atoms in total. The molecule has 4 aromatic rings. The van der Waals surface area contributed by atoms with Crippen LogP contribution in [-0.4, -0.2) is 10.1 Å². The first kappa shape index (κ1) is 17.1. The van der Waals surface area contributed by atoms with Gasteiger partial charge in [-0.05, 0) is 43.3 Å². The minimum atomic E-state index is -0.823. The fourth-order valence-corrected chi connectivity index (χ4v) is 2.81. The fraction of sp³-hybridized carbons (Fsp3) is 0.136. The molecule has 1 unspecified atom stereocenters. The van der Waals surface area contributed by atoms with Crippen LogP contribution < -0.4 is 4.74 Å². The Morgan fingerprint density at radius 2 is 1.96 bits per heavy atom. The van der Waals surface area contributed by atoms with Crippen LogP contribution in [0.1, 0.15) is 23.3 Å². The van der Waals surface area contributed by atoms with Gasteiger partial charge in [-0.3, -0.25) is 0 Å². The van der Waals surface area contributed by atoms with E-state index < -0.39 is 6.10 Å². The molecule has 2 aromatic carbocycles. The molecule has 5 heteroatoms. The Balaban J connectivity index is 1.52. The fourth-order valence-electron chi connectivity index (χ4n) is 2.81. The van der Waals surface area contributed by atoms with E-state index in [2.05, 4.69) is 11.6 Å². The van der Waals surface area contributed by atoms with Gasteiger partial charge in [0.15, 0.2) is 0 Å². The molecule has 0 amide bonds. The third-order valence-electron chi connectivity index (χ3n) is 4.31. The summed E-state index contributed by atoms with van der Waals surface area (Å²) in [5.74, 6) is 2.46. The minimum Gasteiger partial charge on any atom is -0.487 e. The Bertz CT molecular complexity index is 1080. The molecule has 0 aliphatic rings. The summed E-state index contributed by atoms with van der Waals surface area (Å²) in [6.07, 6.45) is 0.600. The van der Waals surface area contributed by atoms with Crippen molar-refractivity contribution >= 4 is 11.0 Å². The van der Waals surface area contributed by atoms with Crippen LogP contribution in [0.15, 0.2) is 76.1 Å². The van der Waals surface area contributed by atoms with E-state index in [1.807, 2.05) is 55.5 Å². The van der Waals surface area contributed by atoms with Crippen LogP contribution in [0.5, 0.6) is 5.75 Å². The van der Waals surface area contributed by atoms with Crippen molar-refractivity contribution in [1.29, 1.82) is 0 Å². The van der Waals surface area contributed by atoms with Crippen LogP contribution in [-0.2, 0) is 6.61 Å². The smallest absolute Gasteiger partial charge is 0.226 e. The van der Waals surface area contributed by atoms with E-state index in [4.69, 9.17) is 13.6 Å². The number of rotatable bonds is 6. The van der Waals surface area contributed by atoms with Crippen molar-refractivity contribution in [1.82, 2.24) is 4.98 Å². The zero-order chi connectivity index (χ0) is 18.8. The quantitative estimate of drug-likeness (QED) is 0.478. The molecule has 2 heterocycles. The lowest BCUT2D eigenvalue weighted by molar-refractivity contribution is 0.200. The predicted molar refractivity (Wildman–Crippen MR) is 102 cm³/mol. The van der Waals surface area contributed by atoms with Gasteiger partial charge in [0.05, 0.1) is 0 Å². The Labute approximate surface area is 156 Å². The van der Waals surface area contributed by atoms with Gasteiger partial charge in [0.2, 0.25) is 5.89 Å². The lowest BCUT2D eigenvalue weighted by atomic mass is 10.2. The zero-order valence-electron chi connectivity index (χ0n) is 14.9. The van der Waals surface area contributed by atoms with E-state index in [0.29, 0.717) is 29.6 Å². The summed E-state index contributed by atoms with van der Waals surface area (Å²) >= 11 is 0. The van der Waals surface area contributed by atoms with Crippen LogP contribution in [0, 0.1) is 6.92 Å². The minimum absolute atomic E-state index is 0.299. The number of oxazole rings is 1. The summed E-state index contributed by atoms with van der Waals surface area (Å²) in [7, 11) is 0. The van der Waals surface area contributed by atoms with E-state index in [-0.39, 0.29) is 0 Å². The summed E-state index contributed by atoms with van der Waals surface area (Å²) in [6, 6.07) is 17.0. The second kappa shape index (κ2) is 7.13. The number of furan rings is 1. The van der Waals surface area contributed by atoms with Crippen molar-refractivity contribution in [3.8, 4) is 17.2 Å². The molecule has 0 spiro atoms. The molecule has 2 aromatic heterocycles. The molecule has 4 rings (SSSR count). The molecule has 1 atom stereocenters. The summed E-state index contributed by atoms with van der Waals surface area (Å²) in [5.41, 5.74) is 2.37. The van der Waals surface area contributed by atoms with Gasteiger partial charge < -0.3 is 18.7 Å². The molecular formula is C22H19NO4. The van der Waals surface area contributed by atoms with Gasteiger partial charge in [-0.15, -0.1) is 6.58 Å². The van der Waals surface area contributed by atoms with E-state index in [1.165, 1.54) is 6.08 Å². The summed E-state index contributed by atoms with van der Waals surface area (Å²) in [4.78, 5) is 4.54. The van der Waals surface area contributed by atoms with Crippen LogP contribution in [0.4, 0.5) is 0 Å². The molecular weight excluding hydrogens is 342 g/mol. The molecule has 1 N–H and O–H groups in total. The van der Waals surface area contributed by atoms with Gasteiger partial charge >= 0.3 is 0 Å². The topological polar surface area (TPSA) is 68.6 Å². The third-order valence-corrected chi connectivity index (χ3v) is 4.31. The number of hydrogen-bond acceptors (Lipinski definition) is 5. The Hall–Kier alpha value is -3.31. The van der Waals surface area contributed by atoms with Crippen LogP contribution in [0.3, 0.4) is 0 Å². The second-order valence-electron chi connectivity index (χ2n) is 6.21. The number of aliphatic hydroxyl groups is 1. The van der Waals surface area contributed by atoms with Crippen molar-refractivity contribution in [2.45, 2.75) is 19.6 Å². The number of nitrogens with zero attached hydrogens (tertiary/aromatic N) is 1. The normalized spacial score (nSPS) is 12.2. The molecule has 0 saturated carbocycles. The standard InChI is InChI=1S/C22H19NO4/c1-3-19(24)21-12-16-11-17(9-10-20(16)27-21)25-13-18-14(2)26-22(23-18)15-7-5-4-6-8-15/h3-12,19,24H,1,13H2,2H3. The summed E-state index contributed by atoms with van der Waals surface area (Å²) in [6.45, 7) is 5.74. The number of aryl methyl sites for hydroxylation is 1. The average molecular weight is 361 g/mol. The van der Waals surface area contributed by atoms with Gasteiger partial charge in [0.25, 0.3) is 0 Å². The molecule has 0 bridgehead atoms. The van der Waals surface area contributed by atoms with E-state index >= 15 is 0 Å². The highest BCUT2D eigenvalue weighted by atomic mass is 16.5. The van der Waals surface area contributed by atoms with Crippen molar-refractivity contribution in [2.24, 2.45) is 0 Å². The van der Waals surface area contributed by atoms with Crippen molar-refractivity contribution in [3.63, 3.8) is 0 Å². The lowest BCUT2D eigenvalue weighted by Crippen LogP contribution is -1.97. The Morgan fingerprint density at radius 1 is 1.15 bits per heavy atom. The highest BCUT2D eigenvalue weighted by Gasteiger charge is 2.13. The number of fused-ring (bicyclic) bond motifs is 1. The van der Waals surface area contributed by atoms with Crippen molar-refractivity contribution in [2.75, 3.05) is 0 Å². The van der Waals surface area contributed by atoms with Crippen molar-refractivity contribution < 1.29 is 18.7 Å². The first-order chi connectivity index (χ1) is 13.1. The molecule has 0 fully saturated rings. The molecule has 0 aliphatic heterocycles. The average Bonchev–Trinajstić information content (AvgIpc) is 3.29. The highest BCUT2D eigenvalue weighted by molar-refractivity contribution is 5.79. The first-order valence-electron chi connectivity index (χ1n) is 8.62. The predicted octanol–water partition coefficient (Wildman–Crippen LogP) is 5.19. The maximum Gasteiger partial charge on any atom is 0.226 e. The highest BCUT2D eigenvalue weighted by Crippen LogP contribution is 2.28. The van der Waals surface area contributed by atoms with Crippen LogP contribution in [0.25, 0.3) is 22.4 Å². The monoisotopic (exact) mass is 361 g/mol. The maximum atomic E-state index is 9.82. The van der Waals surface area contributed by atoms with E-state index in [9.17, 15) is 5.11 Å². The molecule has 27 heavy (non-hydrogen) atoms. The Kier molecular flexibility index (Phi) is 4.52. The van der Waals surface area contributed by atoms with Gasteiger partial charge in [-0.2, -0.15) is 0 Å². The second-order valence-corrected chi connectivity index (χ2v) is 6.21. The number of ether oxygens (including phenoxy) is 1. The van der Waals surface area contributed by atoms with Crippen LogP contribution in [0.2, 0.25) is 0 Å². The van der Waals surface area contributed by atoms with Crippen molar-refractivity contribution in [3.05, 3.63) is 84.5 Å². The molecule has 0 radical (unpaired) electrons. The van der Waals surface area contributed by atoms with Gasteiger partial charge in [-0.25, -0.2) is 4.98 Å². The van der Waals surface area contributed by atoms with Crippen LogP contribution >= 0.6 is 0 Å². The van der Waals surface area contributed by atoms with Gasteiger partial charge in [-0.1, -0.05) is 24.3 Å². The molecule has 136 valence electrons. The third kappa shape index (κ3) is 3.50. The zero-order valence-corrected chi connectivity index (χ0v) is 14.9. The molecule has 0 saturated heterocycles. The Morgan fingerprint density at radius 3 is 2.74 bits per heavy atom. The SMILES string of the molecule is C=CC(O)c1cc2cc(OCc3nc(-c4ccccc4)oc3C)ccc2o1. The van der Waals surface area contributed by atoms with E-state index in [0.717, 1.165) is 22.4 Å². The lowest BCUT2D eigenvalue weighted by Gasteiger charge is -2.04. The number of aromatic nitrogens is 1. The first-order valence-corrected chi connectivity index (χ1v) is 8.62. The summed E-state index contributed by atoms with van der Waals surface area (Å²) < 4.78 is 17.2. The molecule has 0 aliphatic carbocycles. The van der Waals surface area contributed by atoms with E-state index in [1.54, 1.807) is 6.07 Å². The number of benzene rings is 2. The van der Waals surface area contributed by atoms with Gasteiger partial charge in [0, 0.05) is 10.9 Å². The summed E-state index contributed by atoms with van der Waals surface area (Å²) in [5, 5.41) is 10.7. The van der Waals surface area contributed by atoms with Gasteiger partial charge in [0.1, 0.15) is 41.3 Å². The maximum absolute atomic E-state index is 9.82. The number of aliphatic hydroxyl groups excluding tert-OH is 1. The number of hydrogen-bond donors (Lipinski definition) is 1.